The molecular formula is C16H24N4O4. The number of carbonyl (C=O) groups excluding carboxylic acids is 4. The molecule has 0 aromatic heterocycles. The van der Waals surface area contributed by atoms with Gasteiger partial charge >= 0.3 is 0 Å². The molecule has 3 saturated heterocycles. The Labute approximate surface area is 141 Å². The number of rotatable bonds is 3. The van der Waals surface area contributed by atoms with Crippen LogP contribution in [0.15, 0.2) is 0 Å². The molecule has 0 aromatic carbocycles. The Morgan fingerprint density at radius 3 is 2.71 bits per heavy atom. The molecule has 0 saturated carbocycles. The minimum Gasteiger partial charge on any atom is -0.345 e. The molecule has 4 amide bonds. The Hall–Kier alpha value is -2.12. The van der Waals surface area contributed by atoms with Gasteiger partial charge in [0.05, 0.1) is 13.1 Å². The van der Waals surface area contributed by atoms with Crippen molar-refractivity contribution in [2.45, 2.75) is 38.1 Å². The number of amides is 4. The molecule has 0 spiro atoms. The van der Waals surface area contributed by atoms with Gasteiger partial charge in [-0.25, -0.2) is 0 Å². The molecule has 3 aliphatic rings. The lowest BCUT2D eigenvalue weighted by Crippen LogP contribution is -2.66. The smallest absolute Gasteiger partial charge is 0.245 e. The predicted molar refractivity (Wildman–Crippen MR) is 84.8 cm³/mol. The van der Waals surface area contributed by atoms with Gasteiger partial charge in [-0.2, -0.15) is 0 Å². The fraction of sp³-hybridized carbons (Fsp3) is 0.750. The molecule has 0 unspecified atom stereocenters. The van der Waals surface area contributed by atoms with E-state index in [-0.39, 0.29) is 43.1 Å². The summed E-state index contributed by atoms with van der Waals surface area (Å²) in [6.07, 6.45) is 3.81. The Kier molecular flexibility index (Phi) is 5.01. The highest BCUT2D eigenvalue weighted by Gasteiger charge is 2.39. The molecule has 0 aliphatic carbocycles. The molecule has 3 fully saturated rings. The summed E-state index contributed by atoms with van der Waals surface area (Å²) in [5.74, 6) is -0.225. The summed E-state index contributed by atoms with van der Waals surface area (Å²) >= 11 is 0. The summed E-state index contributed by atoms with van der Waals surface area (Å²) in [6.45, 7) is 2.28. The molecule has 8 heteroatoms. The number of likely N-dealkylation sites (tertiary alicyclic amines) is 1. The van der Waals surface area contributed by atoms with Gasteiger partial charge in [0.2, 0.25) is 23.6 Å². The third-order valence-electron chi connectivity index (χ3n) is 5.04. The largest absolute Gasteiger partial charge is 0.345 e. The molecule has 1 atom stereocenters. The van der Waals surface area contributed by atoms with Crippen molar-refractivity contribution in [2.24, 2.45) is 0 Å². The van der Waals surface area contributed by atoms with E-state index in [1.807, 2.05) is 0 Å². The van der Waals surface area contributed by atoms with Crippen LogP contribution in [0.25, 0.3) is 0 Å². The highest BCUT2D eigenvalue weighted by molar-refractivity contribution is 5.95. The van der Waals surface area contributed by atoms with Gasteiger partial charge in [-0.1, -0.05) is 6.42 Å². The van der Waals surface area contributed by atoms with E-state index in [0.29, 0.717) is 26.1 Å². The van der Waals surface area contributed by atoms with Crippen LogP contribution in [0.4, 0.5) is 0 Å². The van der Waals surface area contributed by atoms with Crippen molar-refractivity contribution < 1.29 is 19.2 Å². The molecular weight excluding hydrogens is 312 g/mol. The second-order valence-corrected chi connectivity index (χ2v) is 6.60. The zero-order valence-electron chi connectivity index (χ0n) is 13.8. The average Bonchev–Trinajstić information content (AvgIpc) is 2.80. The number of nitrogens with zero attached hydrogens (tertiary/aromatic N) is 3. The predicted octanol–water partition coefficient (Wildman–Crippen LogP) is -1.05. The molecule has 24 heavy (non-hydrogen) atoms. The zero-order chi connectivity index (χ0) is 17.1. The Morgan fingerprint density at radius 2 is 1.88 bits per heavy atom. The lowest BCUT2D eigenvalue weighted by atomic mass is 10.1. The second kappa shape index (κ2) is 7.19. The second-order valence-electron chi connectivity index (χ2n) is 6.60. The van der Waals surface area contributed by atoms with Crippen LogP contribution in [0.5, 0.6) is 0 Å². The number of hydrogen-bond acceptors (Lipinski definition) is 4. The number of piperazine rings is 2. The maximum Gasteiger partial charge on any atom is 0.245 e. The summed E-state index contributed by atoms with van der Waals surface area (Å²) < 4.78 is 0. The lowest BCUT2D eigenvalue weighted by molar-refractivity contribution is -0.152. The van der Waals surface area contributed by atoms with Crippen molar-refractivity contribution in [1.29, 1.82) is 0 Å². The van der Waals surface area contributed by atoms with Gasteiger partial charge < -0.3 is 20.0 Å². The van der Waals surface area contributed by atoms with Crippen molar-refractivity contribution in [3.63, 3.8) is 0 Å². The average molecular weight is 336 g/mol. The number of carbonyl (C=O) groups is 4. The van der Waals surface area contributed by atoms with E-state index in [4.69, 9.17) is 0 Å². The van der Waals surface area contributed by atoms with Gasteiger partial charge in [0, 0.05) is 39.0 Å². The van der Waals surface area contributed by atoms with E-state index in [2.05, 4.69) is 5.32 Å². The fourth-order valence-corrected chi connectivity index (χ4v) is 3.58. The lowest BCUT2D eigenvalue weighted by Gasteiger charge is -2.43. The van der Waals surface area contributed by atoms with Crippen molar-refractivity contribution in [2.75, 3.05) is 39.3 Å². The van der Waals surface area contributed by atoms with Crippen LogP contribution in [-0.2, 0) is 19.2 Å². The summed E-state index contributed by atoms with van der Waals surface area (Å²) in [6, 6.07) is -0.580. The maximum atomic E-state index is 12.4. The molecule has 0 aromatic rings. The highest BCUT2D eigenvalue weighted by atomic mass is 16.2. The Balaban J connectivity index is 1.53. The molecule has 3 aliphatic heterocycles. The third-order valence-corrected chi connectivity index (χ3v) is 5.04. The van der Waals surface area contributed by atoms with Crippen molar-refractivity contribution in [3.05, 3.63) is 0 Å². The van der Waals surface area contributed by atoms with Crippen LogP contribution in [0, 0.1) is 0 Å². The van der Waals surface area contributed by atoms with E-state index in [1.165, 1.54) is 0 Å². The summed E-state index contributed by atoms with van der Waals surface area (Å²) in [4.78, 5) is 53.1. The quantitative estimate of drug-likeness (QED) is 0.712. The molecule has 1 N–H and O–H groups in total. The third kappa shape index (κ3) is 3.52. The first-order chi connectivity index (χ1) is 11.6. The minimum atomic E-state index is -0.580. The normalized spacial score (nSPS) is 25.2. The van der Waals surface area contributed by atoms with Gasteiger partial charge in [0.15, 0.2) is 0 Å². The first-order valence-corrected chi connectivity index (χ1v) is 8.69. The molecule has 0 radical (unpaired) electrons. The first kappa shape index (κ1) is 16.7. The van der Waals surface area contributed by atoms with Gasteiger partial charge in [-0.15, -0.1) is 0 Å². The van der Waals surface area contributed by atoms with Crippen molar-refractivity contribution in [1.82, 2.24) is 20.0 Å². The Morgan fingerprint density at radius 1 is 1.04 bits per heavy atom. The molecule has 0 bridgehead atoms. The zero-order valence-corrected chi connectivity index (χ0v) is 13.8. The number of nitrogens with one attached hydrogen (secondary N) is 1. The monoisotopic (exact) mass is 336 g/mol. The summed E-state index contributed by atoms with van der Waals surface area (Å²) in [5.41, 5.74) is 0. The van der Waals surface area contributed by atoms with Crippen molar-refractivity contribution in [3.8, 4) is 0 Å². The number of hydrogen-bond donors (Lipinski definition) is 1. The van der Waals surface area contributed by atoms with Crippen LogP contribution in [0.1, 0.15) is 32.1 Å². The van der Waals surface area contributed by atoms with Gasteiger partial charge in [0.1, 0.15) is 6.04 Å². The van der Waals surface area contributed by atoms with Crippen LogP contribution in [0.3, 0.4) is 0 Å². The number of fused-ring (bicyclic) bond motifs is 1. The summed E-state index contributed by atoms with van der Waals surface area (Å²) in [7, 11) is 0. The van der Waals surface area contributed by atoms with E-state index in [9.17, 15) is 19.2 Å². The molecule has 8 nitrogen and oxygen atoms in total. The SMILES string of the molecule is O=C1NCC(=O)N2CCN(C(=O)CCN3CCCCCC3=O)C[C@@H]12. The van der Waals surface area contributed by atoms with Gasteiger partial charge in [0.25, 0.3) is 0 Å². The standard InChI is InChI=1S/C16H24N4O4/c21-13-4-2-1-3-6-18(13)7-5-14(22)19-8-9-20-12(11-19)16(24)17-10-15(20)23/h12H,1-11H2,(H,17,24)/t12-/m0/s1. The first-order valence-electron chi connectivity index (χ1n) is 8.69. The summed E-state index contributed by atoms with van der Waals surface area (Å²) in [5, 5.41) is 2.57. The van der Waals surface area contributed by atoms with Crippen molar-refractivity contribution >= 4 is 23.6 Å². The van der Waals surface area contributed by atoms with E-state index < -0.39 is 6.04 Å². The molecule has 3 heterocycles. The van der Waals surface area contributed by atoms with Crippen LogP contribution < -0.4 is 5.32 Å². The fourth-order valence-electron chi connectivity index (χ4n) is 3.58. The van der Waals surface area contributed by atoms with Crippen LogP contribution in [0.2, 0.25) is 0 Å². The van der Waals surface area contributed by atoms with Crippen LogP contribution in [-0.4, -0.2) is 83.6 Å². The minimum absolute atomic E-state index is 0.0420. The van der Waals surface area contributed by atoms with Gasteiger partial charge in [-0.3, -0.25) is 19.2 Å². The van der Waals surface area contributed by atoms with Crippen LogP contribution >= 0.6 is 0 Å². The maximum absolute atomic E-state index is 12.4. The van der Waals surface area contributed by atoms with E-state index in [1.54, 1.807) is 14.7 Å². The molecule has 132 valence electrons. The van der Waals surface area contributed by atoms with E-state index in [0.717, 1.165) is 25.8 Å². The highest BCUT2D eigenvalue weighted by Crippen LogP contribution is 2.15. The van der Waals surface area contributed by atoms with E-state index >= 15 is 0 Å². The Bertz CT molecular complexity index is 550. The molecule has 3 rings (SSSR count). The van der Waals surface area contributed by atoms with Gasteiger partial charge in [-0.05, 0) is 12.8 Å². The topological polar surface area (TPSA) is 90.0 Å².